The molecule has 2 unspecified atom stereocenters. The van der Waals surface area contributed by atoms with Crippen molar-refractivity contribution in [3.05, 3.63) is 34.9 Å². The SMILES string of the molecule is COCC(O)CN(C)C(C)C(=O)c1ccc(Cl)cc1. The predicted octanol–water partition coefficient (Wildman–Crippen LogP) is 1.85. The van der Waals surface area contributed by atoms with E-state index in [1.165, 1.54) is 7.11 Å². The first-order chi connectivity index (χ1) is 8.95. The van der Waals surface area contributed by atoms with Crippen LogP contribution in [0.2, 0.25) is 5.02 Å². The van der Waals surface area contributed by atoms with Gasteiger partial charge in [0.25, 0.3) is 0 Å². The van der Waals surface area contributed by atoms with Gasteiger partial charge in [0.05, 0.1) is 18.8 Å². The lowest BCUT2D eigenvalue weighted by Gasteiger charge is -2.25. The third-order valence-electron chi connectivity index (χ3n) is 3.03. The van der Waals surface area contributed by atoms with Crippen LogP contribution in [-0.4, -0.2) is 55.2 Å². The van der Waals surface area contributed by atoms with Crippen molar-refractivity contribution in [1.82, 2.24) is 4.90 Å². The van der Waals surface area contributed by atoms with Gasteiger partial charge < -0.3 is 9.84 Å². The van der Waals surface area contributed by atoms with Crippen molar-refractivity contribution < 1.29 is 14.6 Å². The first kappa shape index (κ1) is 16.1. The molecule has 0 saturated heterocycles. The van der Waals surface area contributed by atoms with E-state index >= 15 is 0 Å². The van der Waals surface area contributed by atoms with E-state index in [0.717, 1.165) is 0 Å². The number of nitrogens with zero attached hydrogens (tertiary/aromatic N) is 1. The van der Waals surface area contributed by atoms with Crippen LogP contribution in [-0.2, 0) is 4.74 Å². The standard InChI is InChI=1S/C14H20ClNO3/c1-10(16(2)8-13(17)9-19-3)14(18)11-4-6-12(15)7-5-11/h4-7,10,13,17H,8-9H2,1-3H3. The summed E-state index contributed by atoms with van der Waals surface area (Å²) in [5.74, 6) is 0.00350. The summed E-state index contributed by atoms with van der Waals surface area (Å²) in [6, 6.07) is 6.50. The van der Waals surface area contributed by atoms with Crippen LogP contribution in [0.5, 0.6) is 0 Å². The normalized spacial score (nSPS) is 14.4. The minimum Gasteiger partial charge on any atom is -0.389 e. The Morgan fingerprint density at radius 2 is 2.00 bits per heavy atom. The molecule has 0 spiro atoms. The summed E-state index contributed by atoms with van der Waals surface area (Å²) < 4.78 is 4.87. The number of benzene rings is 1. The zero-order valence-corrected chi connectivity index (χ0v) is 12.2. The molecule has 5 heteroatoms. The Bertz CT molecular complexity index is 408. The first-order valence-corrected chi connectivity index (χ1v) is 6.50. The van der Waals surface area contributed by atoms with Crippen molar-refractivity contribution in [3.63, 3.8) is 0 Å². The molecular weight excluding hydrogens is 266 g/mol. The van der Waals surface area contributed by atoms with Gasteiger partial charge in [-0.1, -0.05) is 11.6 Å². The molecule has 4 nitrogen and oxygen atoms in total. The molecule has 1 aromatic carbocycles. The van der Waals surface area contributed by atoms with Gasteiger partial charge in [-0.15, -0.1) is 0 Å². The average molecular weight is 286 g/mol. The molecule has 0 aliphatic carbocycles. The minimum atomic E-state index is -0.601. The molecule has 106 valence electrons. The van der Waals surface area contributed by atoms with Gasteiger partial charge in [-0.2, -0.15) is 0 Å². The Hall–Kier alpha value is -0.940. The van der Waals surface area contributed by atoms with Crippen molar-refractivity contribution in [3.8, 4) is 0 Å². The smallest absolute Gasteiger partial charge is 0.179 e. The third-order valence-corrected chi connectivity index (χ3v) is 3.28. The number of ether oxygens (including phenoxy) is 1. The zero-order chi connectivity index (χ0) is 14.4. The zero-order valence-electron chi connectivity index (χ0n) is 11.5. The van der Waals surface area contributed by atoms with Gasteiger partial charge in [-0.05, 0) is 38.2 Å². The number of rotatable bonds is 7. The molecule has 1 N–H and O–H groups in total. The van der Waals surface area contributed by atoms with Gasteiger partial charge >= 0.3 is 0 Å². The van der Waals surface area contributed by atoms with E-state index in [9.17, 15) is 9.90 Å². The second-order valence-electron chi connectivity index (χ2n) is 4.60. The van der Waals surface area contributed by atoms with E-state index in [-0.39, 0.29) is 18.4 Å². The fourth-order valence-electron chi connectivity index (χ4n) is 1.79. The molecule has 0 bridgehead atoms. The average Bonchev–Trinajstić information content (AvgIpc) is 2.38. The number of methoxy groups -OCH3 is 1. The summed E-state index contributed by atoms with van der Waals surface area (Å²) in [7, 11) is 3.34. The summed E-state index contributed by atoms with van der Waals surface area (Å²) in [4.78, 5) is 14.0. The van der Waals surface area contributed by atoms with E-state index in [1.54, 1.807) is 36.2 Å². The minimum absolute atomic E-state index is 0.00350. The molecule has 2 atom stereocenters. The fraction of sp³-hybridized carbons (Fsp3) is 0.500. The molecule has 0 saturated carbocycles. The maximum Gasteiger partial charge on any atom is 0.179 e. The van der Waals surface area contributed by atoms with Crippen LogP contribution >= 0.6 is 11.6 Å². The highest BCUT2D eigenvalue weighted by Gasteiger charge is 2.21. The summed E-state index contributed by atoms with van der Waals surface area (Å²) in [5.41, 5.74) is 0.616. The Balaban J connectivity index is 2.63. The van der Waals surface area contributed by atoms with Crippen LogP contribution < -0.4 is 0 Å². The molecular formula is C14H20ClNO3. The number of carbonyl (C=O) groups excluding carboxylic acids is 1. The highest BCUT2D eigenvalue weighted by molar-refractivity contribution is 6.30. The Morgan fingerprint density at radius 1 is 1.42 bits per heavy atom. The summed E-state index contributed by atoms with van der Waals surface area (Å²) in [6.45, 7) is 2.46. The number of aliphatic hydroxyl groups is 1. The van der Waals surface area contributed by atoms with Gasteiger partial charge in [-0.25, -0.2) is 0 Å². The lowest BCUT2D eigenvalue weighted by Crippen LogP contribution is -2.41. The van der Waals surface area contributed by atoms with Crippen LogP contribution in [0, 0.1) is 0 Å². The topological polar surface area (TPSA) is 49.8 Å². The molecule has 0 aromatic heterocycles. The highest BCUT2D eigenvalue weighted by Crippen LogP contribution is 2.13. The van der Waals surface area contributed by atoms with Crippen molar-refractivity contribution in [1.29, 1.82) is 0 Å². The van der Waals surface area contributed by atoms with Crippen LogP contribution in [0.15, 0.2) is 24.3 Å². The highest BCUT2D eigenvalue weighted by atomic mass is 35.5. The molecule has 1 rings (SSSR count). The number of carbonyl (C=O) groups is 1. The maximum absolute atomic E-state index is 12.2. The Labute approximate surface area is 118 Å². The number of aliphatic hydroxyl groups excluding tert-OH is 1. The molecule has 0 aliphatic heterocycles. The second-order valence-corrected chi connectivity index (χ2v) is 5.03. The summed E-state index contributed by atoms with van der Waals surface area (Å²) >= 11 is 5.79. The number of Topliss-reactive ketones (excluding diaryl/α,β-unsaturated/α-hetero) is 1. The summed E-state index contributed by atoms with van der Waals surface area (Å²) in [5, 5.41) is 10.3. The maximum atomic E-state index is 12.2. The van der Waals surface area contributed by atoms with E-state index in [2.05, 4.69) is 0 Å². The van der Waals surface area contributed by atoms with E-state index in [0.29, 0.717) is 17.1 Å². The fourth-order valence-corrected chi connectivity index (χ4v) is 1.92. The number of hydrogen-bond donors (Lipinski definition) is 1. The molecule has 1 aromatic rings. The van der Waals surface area contributed by atoms with Gasteiger partial charge in [0, 0.05) is 24.2 Å². The van der Waals surface area contributed by atoms with Crippen molar-refractivity contribution >= 4 is 17.4 Å². The Kier molecular flexibility index (Phi) is 6.45. The van der Waals surface area contributed by atoms with Gasteiger partial charge in [-0.3, -0.25) is 9.69 Å². The third kappa shape index (κ3) is 4.91. The second kappa shape index (κ2) is 7.60. The number of hydrogen-bond acceptors (Lipinski definition) is 4. The van der Waals surface area contributed by atoms with Gasteiger partial charge in [0.15, 0.2) is 5.78 Å². The largest absolute Gasteiger partial charge is 0.389 e. The molecule has 0 heterocycles. The van der Waals surface area contributed by atoms with Crippen LogP contribution in [0.4, 0.5) is 0 Å². The number of likely N-dealkylation sites (N-methyl/N-ethyl adjacent to an activating group) is 1. The van der Waals surface area contributed by atoms with Crippen LogP contribution in [0.1, 0.15) is 17.3 Å². The number of halogens is 1. The lowest BCUT2D eigenvalue weighted by atomic mass is 10.0. The Morgan fingerprint density at radius 3 is 2.53 bits per heavy atom. The first-order valence-electron chi connectivity index (χ1n) is 6.12. The monoisotopic (exact) mass is 285 g/mol. The van der Waals surface area contributed by atoms with Crippen LogP contribution in [0.3, 0.4) is 0 Å². The molecule has 0 radical (unpaired) electrons. The molecule has 0 fully saturated rings. The van der Waals surface area contributed by atoms with Gasteiger partial charge in [0.2, 0.25) is 0 Å². The summed E-state index contributed by atoms with van der Waals surface area (Å²) in [6.07, 6.45) is -0.601. The van der Waals surface area contributed by atoms with E-state index in [4.69, 9.17) is 16.3 Å². The van der Waals surface area contributed by atoms with E-state index in [1.807, 2.05) is 6.92 Å². The molecule has 0 aliphatic rings. The quantitative estimate of drug-likeness (QED) is 0.777. The molecule has 19 heavy (non-hydrogen) atoms. The predicted molar refractivity (Wildman–Crippen MR) is 75.8 cm³/mol. The van der Waals surface area contributed by atoms with Crippen molar-refractivity contribution in [2.45, 2.75) is 19.1 Å². The number of ketones is 1. The van der Waals surface area contributed by atoms with E-state index < -0.39 is 6.10 Å². The van der Waals surface area contributed by atoms with Crippen LogP contribution in [0.25, 0.3) is 0 Å². The lowest BCUT2D eigenvalue weighted by molar-refractivity contribution is 0.0351. The van der Waals surface area contributed by atoms with Crippen molar-refractivity contribution in [2.24, 2.45) is 0 Å². The molecule has 0 amide bonds. The van der Waals surface area contributed by atoms with Gasteiger partial charge in [0.1, 0.15) is 0 Å². The van der Waals surface area contributed by atoms with Crippen molar-refractivity contribution in [2.75, 3.05) is 27.3 Å².